The molecule has 5 aliphatic heterocycles. The van der Waals surface area contributed by atoms with Gasteiger partial charge in [-0.25, -0.2) is 14.4 Å². The van der Waals surface area contributed by atoms with Gasteiger partial charge in [0.15, 0.2) is 40.8 Å². The second-order valence-electron chi connectivity index (χ2n) is 29.8. The van der Waals surface area contributed by atoms with Crippen LogP contribution in [0.25, 0.3) is 28.1 Å². The van der Waals surface area contributed by atoms with Crippen molar-refractivity contribution in [2.45, 2.75) is 162 Å². The van der Waals surface area contributed by atoms with E-state index in [0.717, 1.165) is 81.1 Å². The number of anilines is 2. The molecule has 6 amide bonds. The number of ketones is 3. The number of Topliss-reactive ketones (excluding diaryl/α,β-unsaturated/α-hetero) is 3. The summed E-state index contributed by atoms with van der Waals surface area (Å²) in [5.41, 5.74) is 9.51. The second-order valence-corrected chi connectivity index (χ2v) is 29.8. The minimum atomic E-state index is -1.48. The molecule has 109 heavy (non-hydrogen) atoms. The van der Waals surface area contributed by atoms with Crippen molar-refractivity contribution in [2.24, 2.45) is 17.3 Å². The van der Waals surface area contributed by atoms with Crippen molar-refractivity contribution < 1.29 is 76.7 Å². The number of methoxy groups -OCH3 is 3. The number of amides is 6. The number of aliphatic hydroxyl groups is 1. The van der Waals surface area contributed by atoms with Crippen molar-refractivity contribution in [1.29, 1.82) is 0 Å². The summed E-state index contributed by atoms with van der Waals surface area (Å²) in [5.74, 6) is -1.79. The molecule has 6 heterocycles. The fraction of sp³-hybridized carbons (Fsp3) is 0.417. The third kappa shape index (κ3) is 16.5. The molecule has 0 unspecified atom stereocenters. The van der Waals surface area contributed by atoms with Gasteiger partial charge < -0.3 is 58.9 Å². The van der Waals surface area contributed by atoms with Gasteiger partial charge in [-0.3, -0.25) is 38.4 Å². The van der Waals surface area contributed by atoms with Gasteiger partial charge in [0.05, 0.1) is 82.3 Å². The Morgan fingerprint density at radius 2 is 1.37 bits per heavy atom. The standard InChI is InChI=1S/C84H93N9O16/c1-49(2)64(39-60(95)44-85-75(97)30-26-59(94)27-31-76(98)90-45-56-14-9-10-15-62(56)77-78(93(50(3)4)88-87-77)63-16-11-12-17-67(63)90)79(99)86-51(5)70(96)36-52-18-20-53(21-19-52)47-109-83(103)92-68-42-74(72(106-8)41-66(68)81(101)91-48-84(32-33-84)43-69(91)82(92)102)108-35-13-34-107-73-38-55-22-25-58-37-57(54-23-28-61(104-6)29-24-54)46-89(58)80(100)65(55)40-71(73)105-7/h9-12,14-21,23-24,28-29,38,40-42,46,49-51,58,64,69,82,102H,13,22,25-27,30-37,39,43-45,47-48H2,1-8H3,(H,85,97)(H,86,99)/t51-,58+,64-,69-,82-/m0/s1. The molecule has 2 fully saturated rings. The van der Waals surface area contributed by atoms with E-state index in [4.69, 9.17) is 28.4 Å². The highest BCUT2D eigenvalue weighted by atomic mass is 16.6. The highest BCUT2D eigenvalue weighted by molar-refractivity contribution is 6.07. The van der Waals surface area contributed by atoms with Crippen LogP contribution in [0.15, 0.2) is 128 Å². The Morgan fingerprint density at radius 1 is 0.688 bits per heavy atom. The average Bonchev–Trinajstić information content (AvgIpc) is 1.58. The SMILES string of the molecule is COc1ccc(C2=CN3C(=O)c4cc(OC)c(OCCCOc5cc6c(cc5OC)C(=O)N5CC7(CC7)C[C@H]5[C@H](O)N6C(=O)OCc5ccc(CC(=O)[C@H](C)NC(=O)[C@@H](CC(=O)CNC(=O)CCC(=O)CCC(=O)N6Cc7ccccc7-c7nnn(C(C)C)c7-c7ccccc76)C(C)C)cc5)cc4CC[C@@H]3C2)cc1. The molecule has 1 aromatic heterocycles. The maximum Gasteiger partial charge on any atom is 0.416 e. The number of rotatable bonds is 29. The minimum absolute atomic E-state index is 0.00555. The van der Waals surface area contributed by atoms with Crippen LogP contribution in [0.3, 0.4) is 0 Å². The molecule has 6 aliphatic rings. The molecular formula is C84H93N9O16. The van der Waals surface area contributed by atoms with Gasteiger partial charge >= 0.3 is 6.09 Å². The topological polar surface area (TPSA) is 297 Å². The van der Waals surface area contributed by atoms with Gasteiger partial charge in [0, 0.05) is 98.4 Å². The number of aromatic nitrogens is 3. The van der Waals surface area contributed by atoms with Crippen LogP contribution in [0, 0.1) is 17.3 Å². The zero-order chi connectivity index (χ0) is 76.9. The quantitative estimate of drug-likeness (QED) is 0.0367. The van der Waals surface area contributed by atoms with E-state index in [1.807, 2.05) is 108 Å². The summed E-state index contributed by atoms with van der Waals surface area (Å²) in [6, 6.07) is 35.0. The number of nitrogens with zero attached hydrogens (tertiary/aromatic N) is 7. The number of hydrogen-bond acceptors (Lipinski definition) is 18. The van der Waals surface area contributed by atoms with E-state index < -0.39 is 47.9 Å². The highest BCUT2D eigenvalue weighted by Gasteiger charge is 2.58. The lowest BCUT2D eigenvalue weighted by Crippen LogP contribution is -2.50. The summed E-state index contributed by atoms with van der Waals surface area (Å²) in [5, 5.41) is 26.6. The van der Waals surface area contributed by atoms with E-state index in [0.29, 0.717) is 59.7 Å². The van der Waals surface area contributed by atoms with Gasteiger partial charge in [0.1, 0.15) is 23.8 Å². The molecule has 1 saturated carbocycles. The van der Waals surface area contributed by atoms with Crippen molar-refractivity contribution in [3.05, 3.63) is 166 Å². The monoisotopic (exact) mass is 1480 g/mol. The van der Waals surface area contributed by atoms with Crippen LogP contribution in [0.4, 0.5) is 16.2 Å². The van der Waals surface area contributed by atoms with Crippen molar-refractivity contribution in [3.63, 3.8) is 0 Å². The van der Waals surface area contributed by atoms with Gasteiger partial charge in [0.25, 0.3) is 11.8 Å². The number of nitrogens with one attached hydrogen (secondary N) is 2. The first kappa shape index (κ1) is 76.0. The first-order valence-corrected chi connectivity index (χ1v) is 37.5. The first-order chi connectivity index (χ1) is 52.5. The third-order valence-corrected chi connectivity index (χ3v) is 21.8. The number of carbonyl (C=O) groups is 9. The molecule has 3 N–H and O–H groups in total. The molecule has 1 saturated heterocycles. The molecule has 0 radical (unpaired) electrons. The van der Waals surface area contributed by atoms with E-state index in [2.05, 4.69) is 20.9 Å². The Hall–Kier alpha value is -11.2. The van der Waals surface area contributed by atoms with Gasteiger partial charge in [-0.15, -0.1) is 5.10 Å². The van der Waals surface area contributed by atoms with E-state index in [1.165, 1.54) is 26.4 Å². The molecular weight excluding hydrogens is 1390 g/mol. The van der Waals surface area contributed by atoms with Crippen LogP contribution in [0.1, 0.15) is 160 Å². The lowest BCUT2D eigenvalue weighted by molar-refractivity contribution is -0.133. The third-order valence-electron chi connectivity index (χ3n) is 21.8. The molecule has 13 rings (SSSR count). The molecule has 25 nitrogen and oxygen atoms in total. The Labute approximate surface area is 633 Å². The number of fused-ring (bicyclic) bond motifs is 9. The van der Waals surface area contributed by atoms with Gasteiger partial charge in [-0.1, -0.05) is 97.9 Å². The Balaban J connectivity index is 0.569. The Morgan fingerprint density at radius 3 is 2.06 bits per heavy atom. The van der Waals surface area contributed by atoms with Crippen LogP contribution >= 0.6 is 0 Å². The zero-order valence-corrected chi connectivity index (χ0v) is 62.8. The summed E-state index contributed by atoms with van der Waals surface area (Å²) in [6.07, 6.45) is 3.57. The molecule has 570 valence electrons. The number of hydrogen-bond donors (Lipinski definition) is 3. The van der Waals surface area contributed by atoms with Crippen molar-refractivity contribution in [3.8, 4) is 51.3 Å². The first-order valence-electron chi connectivity index (χ1n) is 37.5. The number of carbonyl (C=O) groups excluding carboxylic acids is 9. The largest absolute Gasteiger partial charge is 0.497 e. The van der Waals surface area contributed by atoms with Gasteiger partial charge in [-0.05, 0) is 140 Å². The summed E-state index contributed by atoms with van der Waals surface area (Å²) >= 11 is 0. The molecule has 25 heteroatoms. The number of ether oxygens (including phenoxy) is 6. The van der Waals surface area contributed by atoms with Crippen LogP contribution < -0.4 is 44.1 Å². The van der Waals surface area contributed by atoms with Crippen LogP contribution in [-0.4, -0.2) is 155 Å². The summed E-state index contributed by atoms with van der Waals surface area (Å²) in [7, 11) is 4.61. The highest BCUT2D eigenvalue weighted by Crippen LogP contribution is 2.57. The lowest BCUT2D eigenvalue weighted by atomic mass is 9.89. The maximum atomic E-state index is 14.5. The molecule has 0 bridgehead atoms. The number of benzene rings is 6. The molecule has 7 aromatic rings. The molecule has 1 spiro atoms. The van der Waals surface area contributed by atoms with E-state index in [1.54, 1.807) is 68.0 Å². The predicted octanol–water partition coefficient (Wildman–Crippen LogP) is 11.4. The Kier molecular flexibility index (Phi) is 22.8. The fourth-order valence-corrected chi connectivity index (χ4v) is 15.4. The summed E-state index contributed by atoms with van der Waals surface area (Å²) in [6.45, 7) is 9.55. The minimum Gasteiger partial charge on any atom is -0.497 e. The summed E-state index contributed by atoms with van der Waals surface area (Å²) in [4.78, 5) is 130. The molecule has 6 aromatic carbocycles. The van der Waals surface area contributed by atoms with Crippen molar-refractivity contribution in [1.82, 2.24) is 35.4 Å². The normalized spacial score (nSPS) is 17.7. The Bertz CT molecular complexity index is 4700. The number of aliphatic hydroxyl groups excluding tert-OH is 1. The van der Waals surface area contributed by atoms with Crippen LogP contribution in [0.5, 0.6) is 28.7 Å². The molecule has 5 atom stereocenters. The van der Waals surface area contributed by atoms with Crippen LogP contribution in [0.2, 0.25) is 0 Å². The number of aryl methyl sites for hydroxylation is 1. The number of para-hydroxylation sites is 1. The predicted molar refractivity (Wildman–Crippen MR) is 405 cm³/mol. The summed E-state index contributed by atoms with van der Waals surface area (Å²) < 4.78 is 37.3. The van der Waals surface area contributed by atoms with Crippen molar-refractivity contribution >= 4 is 69.9 Å². The molecule has 1 aliphatic carbocycles. The zero-order valence-electron chi connectivity index (χ0n) is 62.8. The van der Waals surface area contributed by atoms with Gasteiger partial charge in [-0.2, -0.15) is 0 Å². The maximum absolute atomic E-state index is 14.5. The average molecular weight is 1480 g/mol. The van der Waals surface area contributed by atoms with E-state index in [9.17, 15) is 48.3 Å². The smallest absolute Gasteiger partial charge is 0.416 e. The van der Waals surface area contributed by atoms with E-state index in [-0.39, 0.29) is 147 Å². The fourth-order valence-electron chi connectivity index (χ4n) is 15.4. The van der Waals surface area contributed by atoms with Crippen LogP contribution in [-0.2, 0) is 59.5 Å². The van der Waals surface area contributed by atoms with Crippen molar-refractivity contribution in [2.75, 3.05) is 57.4 Å². The lowest BCUT2D eigenvalue weighted by Gasteiger charge is -2.31. The second kappa shape index (κ2) is 32.7. The van der Waals surface area contributed by atoms with E-state index >= 15 is 0 Å². The van der Waals surface area contributed by atoms with Gasteiger partial charge in [0.2, 0.25) is 17.7 Å².